The number of ketones is 1. The third-order valence-corrected chi connectivity index (χ3v) is 2.90. The van der Waals surface area contributed by atoms with Gasteiger partial charge in [-0.2, -0.15) is 0 Å². The van der Waals surface area contributed by atoms with Crippen molar-refractivity contribution in [1.29, 1.82) is 0 Å². The maximum absolute atomic E-state index is 10.9. The van der Waals surface area contributed by atoms with Gasteiger partial charge in [-0.25, -0.2) is 0 Å². The van der Waals surface area contributed by atoms with Crippen molar-refractivity contribution in [3.8, 4) is 0 Å². The average molecular weight is 236 g/mol. The molecule has 0 saturated carbocycles. The molecule has 2 rings (SSSR count). The van der Waals surface area contributed by atoms with Gasteiger partial charge in [-0.05, 0) is 36.9 Å². The first-order valence-corrected chi connectivity index (χ1v) is 5.78. The number of carbonyl (C=O) groups is 1. The molecule has 0 N–H and O–H groups in total. The van der Waals surface area contributed by atoms with Gasteiger partial charge in [-0.1, -0.05) is 17.7 Å². The Bertz CT molecular complexity index is 516. The molecule has 0 amide bonds. The molecule has 16 heavy (non-hydrogen) atoms. The van der Waals surface area contributed by atoms with Gasteiger partial charge in [0.2, 0.25) is 0 Å². The molecule has 0 unspecified atom stereocenters. The lowest BCUT2D eigenvalue weighted by Gasteiger charge is -2.04. The van der Waals surface area contributed by atoms with E-state index in [1.165, 1.54) is 5.39 Å². The second kappa shape index (κ2) is 4.71. The fourth-order valence-electron chi connectivity index (χ4n) is 1.85. The second-order valence-corrected chi connectivity index (χ2v) is 4.45. The van der Waals surface area contributed by atoms with Crippen molar-refractivity contribution in [2.24, 2.45) is 0 Å². The molecule has 84 valence electrons. The summed E-state index contributed by atoms with van der Waals surface area (Å²) in [6.45, 7) is 2.49. The van der Waals surface area contributed by atoms with Crippen LogP contribution in [0.1, 0.15) is 19.8 Å². The van der Waals surface area contributed by atoms with Crippen LogP contribution < -0.4 is 0 Å². The Balaban J connectivity index is 2.17. The number of aromatic nitrogens is 1. The van der Waals surface area contributed by atoms with Crippen molar-refractivity contribution < 1.29 is 4.79 Å². The van der Waals surface area contributed by atoms with Gasteiger partial charge >= 0.3 is 0 Å². The normalized spacial score (nSPS) is 10.9. The van der Waals surface area contributed by atoms with Crippen LogP contribution in [-0.2, 0) is 11.3 Å². The number of hydrogen-bond acceptors (Lipinski definition) is 1. The van der Waals surface area contributed by atoms with Gasteiger partial charge < -0.3 is 9.36 Å². The Morgan fingerprint density at radius 2 is 2.19 bits per heavy atom. The van der Waals surface area contributed by atoms with Crippen LogP contribution in [0.4, 0.5) is 0 Å². The maximum atomic E-state index is 10.9. The summed E-state index contributed by atoms with van der Waals surface area (Å²) in [5.41, 5.74) is 1.14. The van der Waals surface area contributed by atoms with E-state index in [4.69, 9.17) is 11.6 Å². The number of aryl methyl sites for hydroxylation is 1. The highest BCUT2D eigenvalue weighted by molar-refractivity contribution is 6.31. The van der Waals surface area contributed by atoms with Crippen LogP contribution >= 0.6 is 11.6 Å². The smallest absolute Gasteiger partial charge is 0.129 e. The molecule has 0 bridgehead atoms. The lowest BCUT2D eigenvalue weighted by atomic mass is 10.2. The predicted molar refractivity (Wildman–Crippen MR) is 66.9 cm³/mol. The fourth-order valence-corrected chi connectivity index (χ4v) is 2.02. The molecule has 2 aromatic rings. The second-order valence-electron chi connectivity index (χ2n) is 4.02. The van der Waals surface area contributed by atoms with Gasteiger partial charge in [-0.15, -0.1) is 0 Å². The highest BCUT2D eigenvalue weighted by atomic mass is 35.5. The summed E-state index contributed by atoms with van der Waals surface area (Å²) >= 11 is 5.96. The molecule has 2 nitrogen and oxygen atoms in total. The number of halogens is 1. The highest BCUT2D eigenvalue weighted by Gasteiger charge is 2.02. The molecule has 1 heterocycles. The molecule has 0 aliphatic rings. The molecule has 0 fully saturated rings. The summed E-state index contributed by atoms with van der Waals surface area (Å²) < 4.78 is 2.14. The summed E-state index contributed by atoms with van der Waals surface area (Å²) in [6, 6.07) is 7.94. The van der Waals surface area contributed by atoms with E-state index < -0.39 is 0 Å². The number of fused-ring (bicyclic) bond motifs is 1. The van der Waals surface area contributed by atoms with E-state index >= 15 is 0 Å². The summed E-state index contributed by atoms with van der Waals surface area (Å²) in [6.07, 6.45) is 3.56. The molecule has 0 saturated heterocycles. The number of carbonyl (C=O) groups excluding carboxylic acids is 1. The van der Waals surface area contributed by atoms with Gasteiger partial charge in [0.1, 0.15) is 5.78 Å². The predicted octanol–water partition coefficient (Wildman–Crippen LogP) is 3.66. The number of hydrogen-bond donors (Lipinski definition) is 0. The Morgan fingerprint density at radius 3 is 2.94 bits per heavy atom. The van der Waals surface area contributed by atoms with Crippen molar-refractivity contribution in [3.05, 3.63) is 35.5 Å². The third kappa shape index (κ3) is 2.45. The highest BCUT2D eigenvalue weighted by Crippen LogP contribution is 2.20. The molecule has 0 aliphatic heterocycles. The van der Waals surface area contributed by atoms with Crippen LogP contribution in [0, 0.1) is 0 Å². The fraction of sp³-hybridized carbons (Fsp3) is 0.308. The maximum Gasteiger partial charge on any atom is 0.129 e. The Morgan fingerprint density at radius 1 is 1.38 bits per heavy atom. The molecule has 3 heteroatoms. The van der Waals surface area contributed by atoms with Crippen LogP contribution in [0.15, 0.2) is 30.5 Å². The first-order chi connectivity index (χ1) is 7.66. The first-order valence-electron chi connectivity index (χ1n) is 5.40. The van der Waals surface area contributed by atoms with Crippen LogP contribution in [0.2, 0.25) is 5.02 Å². The summed E-state index contributed by atoms with van der Waals surface area (Å²) in [7, 11) is 0. The molecule has 0 aliphatic carbocycles. The molecule has 1 aromatic carbocycles. The molecule has 0 atom stereocenters. The minimum absolute atomic E-state index is 0.245. The van der Waals surface area contributed by atoms with E-state index in [1.807, 2.05) is 24.4 Å². The Hall–Kier alpha value is -1.28. The quantitative estimate of drug-likeness (QED) is 0.793. The zero-order chi connectivity index (χ0) is 11.5. The lowest BCUT2D eigenvalue weighted by molar-refractivity contribution is -0.117. The van der Waals surface area contributed by atoms with E-state index in [1.54, 1.807) is 6.92 Å². The van der Waals surface area contributed by atoms with Crippen LogP contribution in [-0.4, -0.2) is 10.4 Å². The van der Waals surface area contributed by atoms with Crippen molar-refractivity contribution in [3.63, 3.8) is 0 Å². The lowest BCUT2D eigenvalue weighted by Crippen LogP contribution is -1.98. The third-order valence-electron chi connectivity index (χ3n) is 2.66. The topological polar surface area (TPSA) is 22.0 Å². The SMILES string of the molecule is CC(=O)CCCn1ccc2ccc(Cl)cc21. The number of Topliss-reactive ketones (excluding diaryl/α,β-unsaturated/α-hetero) is 1. The minimum atomic E-state index is 0.245. The van der Waals surface area contributed by atoms with Crippen LogP contribution in [0.5, 0.6) is 0 Å². The standard InChI is InChI=1S/C13H14ClNO/c1-10(16)3-2-7-15-8-6-11-4-5-12(14)9-13(11)15/h4-6,8-9H,2-3,7H2,1H3. The van der Waals surface area contributed by atoms with Crippen LogP contribution in [0.25, 0.3) is 10.9 Å². The largest absolute Gasteiger partial charge is 0.347 e. The number of rotatable bonds is 4. The van der Waals surface area contributed by atoms with E-state index in [9.17, 15) is 4.79 Å². The van der Waals surface area contributed by atoms with E-state index in [0.717, 1.165) is 23.5 Å². The number of nitrogens with zero attached hydrogens (tertiary/aromatic N) is 1. The van der Waals surface area contributed by atoms with Gasteiger partial charge in [0.25, 0.3) is 0 Å². The minimum Gasteiger partial charge on any atom is -0.347 e. The molecule has 1 aromatic heterocycles. The van der Waals surface area contributed by atoms with E-state index in [0.29, 0.717) is 6.42 Å². The molecule has 0 spiro atoms. The Labute approximate surface area is 99.8 Å². The van der Waals surface area contributed by atoms with E-state index in [-0.39, 0.29) is 5.78 Å². The molecule has 0 radical (unpaired) electrons. The van der Waals surface area contributed by atoms with Gasteiger partial charge in [0, 0.05) is 29.7 Å². The van der Waals surface area contributed by atoms with Crippen molar-refractivity contribution >= 4 is 28.3 Å². The monoisotopic (exact) mass is 235 g/mol. The summed E-state index contributed by atoms with van der Waals surface area (Å²) in [4.78, 5) is 10.9. The van der Waals surface area contributed by atoms with Gasteiger partial charge in [0.15, 0.2) is 0 Å². The van der Waals surface area contributed by atoms with Gasteiger partial charge in [-0.3, -0.25) is 0 Å². The summed E-state index contributed by atoms with van der Waals surface area (Å²) in [5, 5.41) is 1.94. The van der Waals surface area contributed by atoms with E-state index in [2.05, 4.69) is 10.6 Å². The number of benzene rings is 1. The molecular formula is C13H14ClNO. The van der Waals surface area contributed by atoms with Crippen molar-refractivity contribution in [2.75, 3.05) is 0 Å². The summed E-state index contributed by atoms with van der Waals surface area (Å²) in [5.74, 6) is 0.245. The first kappa shape index (κ1) is 11.2. The van der Waals surface area contributed by atoms with Gasteiger partial charge in [0.05, 0.1) is 0 Å². The van der Waals surface area contributed by atoms with Crippen molar-refractivity contribution in [2.45, 2.75) is 26.3 Å². The average Bonchev–Trinajstić information content (AvgIpc) is 2.60. The van der Waals surface area contributed by atoms with Crippen LogP contribution in [0.3, 0.4) is 0 Å². The molecular weight excluding hydrogens is 222 g/mol. The zero-order valence-corrected chi connectivity index (χ0v) is 10.00. The van der Waals surface area contributed by atoms with Crippen molar-refractivity contribution in [1.82, 2.24) is 4.57 Å². The zero-order valence-electron chi connectivity index (χ0n) is 9.24. The Kier molecular flexibility index (Phi) is 3.30.